The molecule has 0 spiro atoms. The van der Waals surface area contributed by atoms with E-state index in [9.17, 15) is 28.2 Å². The number of sulfonamides is 1. The average molecular weight is 477 g/mol. The smallest absolute Gasteiger partial charge is 0.323 e. The fourth-order valence-electron chi connectivity index (χ4n) is 3.51. The molecule has 0 fully saturated rings. The second-order valence-electron chi connectivity index (χ2n) is 7.05. The Labute approximate surface area is 188 Å². The highest BCUT2D eigenvalue weighted by molar-refractivity contribution is 7.89. The third kappa shape index (κ3) is 3.95. The number of carboxylic acids is 1. The largest absolute Gasteiger partial charge is 0.508 e. The van der Waals surface area contributed by atoms with Gasteiger partial charge >= 0.3 is 5.97 Å². The SMILES string of the molecule is O=C(O)C1CN(C(=O)c2ccc(Cl)o2)c2ccccc2CN1S(=O)(=O)c1ccc(O)cc1. The fourth-order valence-corrected chi connectivity index (χ4v) is 5.21. The van der Waals surface area contributed by atoms with Gasteiger partial charge in [-0.3, -0.25) is 9.59 Å². The molecule has 11 heteroatoms. The average Bonchev–Trinajstić information content (AvgIpc) is 3.11. The lowest BCUT2D eigenvalue weighted by Crippen LogP contribution is -2.50. The number of rotatable bonds is 4. The molecule has 9 nitrogen and oxygen atoms in total. The minimum atomic E-state index is -4.29. The van der Waals surface area contributed by atoms with Gasteiger partial charge in [-0.1, -0.05) is 18.2 Å². The number of furan rings is 1. The van der Waals surface area contributed by atoms with Crippen LogP contribution < -0.4 is 4.90 Å². The fraction of sp³-hybridized carbons (Fsp3) is 0.143. The van der Waals surface area contributed by atoms with Crippen molar-refractivity contribution in [3.63, 3.8) is 0 Å². The predicted molar refractivity (Wildman–Crippen MR) is 114 cm³/mol. The number of carbonyl (C=O) groups excluding carboxylic acids is 1. The molecule has 2 heterocycles. The van der Waals surface area contributed by atoms with E-state index >= 15 is 0 Å². The van der Waals surface area contributed by atoms with Gasteiger partial charge in [0.15, 0.2) is 11.0 Å². The topological polar surface area (TPSA) is 128 Å². The Hall–Kier alpha value is -3.34. The minimum Gasteiger partial charge on any atom is -0.508 e. The first-order chi connectivity index (χ1) is 15.2. The van der Waals surface area contributed by atoms with Crippen molar-refractivity contribution in [1.82, 2.24) is 4.31 Å². The van der Waals surface area contributed by atoms with E-state index in [4.69, 9.17) is 16.0 Å². The lowest BCUT2D eigenvalue weighted by Gasteiger charge is -2.28. The van der Waals surface area contributed by atoms with E-state index in [1.54, 1.807) is 24.3 Å². The molecule has 1 atom stereocenters. The molecule has 3 aromatic rings. The number of benzene rings is 2. The number of halogens is 1. The maximum Gasteiger partial charge on any atom is 0.323 e. The van der Waals surface area contributed by atoms with E-state index in [0.717, 1.165) is 4.31 Å². The molecule has 2 N–H and O–H groups in total. The molecule has 4 rings (SSSR count). The molecular formula is C21H17ClN2O7S. The zero-order chi connectivity index (χ0) is 23.0. The Balaban J connectivity index is 1.82. The van der Waals surface area contributed by atoms with Gasteiger partial charge in [-0.15, -0.1) is 0 Å². The van der Waals surface area contributed by atoms with Crippen molar-refractivity contribution in [2.45, 2.75) is 17.5 Å². The summed E-state index contributed by atoms with van der Waals surface area (Å²) in [6.07, 6.45) is 0. The van der Waals surface area contributed by atoms with E-state index < -0.39 is 34.5 Å². The van der Waals surface area contributed by atoms with Gasteiger partial charge in [0, 0.05) is 12.2 Å². The van der Waals surface area contributed by atoms with Crippen LogP contribution in [0.25, 0.3) is 0 Å². The monoisotopic (exact) mass is 476 g/mol. The zero-order valence-corrected chi connectivity index (χ0v) is 18.0. The van der Waals surface area contributed by atoms with E-state index in [1.807, 2.05) is 0 Å². The van der Waals surface area contributed by atoms with Crippen LogP contribution in [0.4, 0.5) is 5.69 Å². The molecule has 0 aliphatic carbocycles. The molecular weight excluding hydrogens is 460 g/mol. The van der Waals surface area contributed by atoms with Crippen LogP contribution in [0.1, 0.15) is 16.1 Å². The summed E-state index contributed by atoms with van der Waals surface area (Å²) in [5.74, 6) is -2.31. The van der Waals surface area contributed by atoms with Crippen LogP contribution in [0.3, 0.4) is 0 Å². The number of amides is 1. The summed E-state index contributed by atoms with van der Waals surface area (Å²) in [5, 5.41) is 19.4. The third-order valence-electron chi connectivity index (χ3n) is 5.07. The van der Waals surface area contributed by atoms with Crippen LogP contribution in [0.15, 0.2) is 70.0 Å². The number of para-hydroxylation sites is 1. The van der Waals surface area contributed by atoms with Crippen LogP contribution in [0.5, 0.6) is 5.75 Å². The Bertz CT molecular complexity index is 1290. The quantitative estimate of drug-likeness (QED) is 0.592. The number of phenols is 1. The molecule has 1 aliphatic rings. The van der Waals surface area contributed by atoms with Gasteiger partial charge in [0.25, 0.3) is 5.91 Å². The van der Waals surface area contributed by atoms with Crippen molar-refractivity contribution >= 4 is 39.2 Å². The predicted octanol–water partition coefficient (Wildman–Crippen LogP) is 2.94. The molecule has 32 heavy (non-hydrogen) atoms. The second-order valence-corrected chi connectivity index (χ2v) is 9.31. The van der Waals surface area contributed by atoms with Gasteiger partial charge in [0.1, 0.15) is 11.8 Å². The Morgan fingerprint density at radius 1 is 1.03 bits per heavy atom. The second kappa shape index (κ2) is 8.30. The summed E-state index contributed by atoms with van der Waals surface area (Å²) in [6.45, 7) is -0.736. The van der Waals surface area contributed by atoms with Crippen molar-refractivity contribution < 1.29 is 32.6 Å². The summed E-state index contributed by atoms with van der Waals surface area (Å²) >= 11 is 5.78. The summed E-state index contributed by atoms with van der Waals surface area (Å²) in [5.41, 5.74) is 0.796. The van der Waals surface area contributed by atoms with Crippen molar-refractivity contribution in [2.75, 3.05) is 11.4 Å². The highest BCUT2D eigenvalue weighted by Gasteiger charge is 2.42. The maximum atomic E-state index is 13.4. The van der Waals surface area contributed by atoms with Gasteiger partial charge in [0.2, 0.25) is 10.0 Å². The van der Waals surface area contributed by atoms with Gasteiger partial charge in [-0.05, 0) is 59.6 Å². The number of aliphatic carboxylic acids is 1. The number of carbonyl (C=O) groups is 2. The molecule has 2 aromatic carbocycles. The number of carboxylic acid groups (broad SMARTS) is 1. The van der Waals surface area contributed by atoms with E-state index in [2.05, 4.69) is 0 Å². The number of aromatic hydroxyl groups is 1. The number of anilines is 1. The van der Waals surface area contributed by atoms with Crippen molar-refractivity contribution in [2.24, 2.45) is 0 Å². The first kappa shape index (κ1) is 21.9. The standard InChI is InChI=1S/C21H17ClN2O7S/c22-19-10-9-18(31-19)20(26)23-12-17(21(27)28)24(11-13-3-1-2-4-16(13)23)32(29,30)15-7-5-14(25)6-8-15/h1-10,17,25H,11-12H2,(H,27,28). The van der Waals surface area contributed by atoms with Gasteiger partial charge < -0.3 is 19.5 Å². The van der Waals surface area contributed by atoms with Crippen LogP contribution >= 0.6 is 11.6 Å². The number of hydrogen-bond acceptors (Lipinski definition) is 6. The normalized spacial score (nSPS) is 16.9. The number of hydrogen-bond donors (Lipinski definition) is 2. The number of nitrogens with zero attached hydrogens (tertiary/aromatic N) is 2. The van der Waals surface area contributed by atoms with Gasteiger partial charge in [-0.25, -0.2) is 8.42 Å². The van der Waals surface area contributed by atoms with Crippen LogP contribution in [0, 0.1) is 0 Å². The zero-order valence-electron chi connectivity index (χ0n) is 16.4. The highest BCUT2D eigenvalue weighted by atomic mass is 35.5. The third-order valence-corrected chi connectivity index (χ3v) is 7.14. The van der Waals surface area contributed by atoms with Gasteiger partial charge in [-0.2, -0.15) is 4.31 Å². The molecule has 1 aromatic heterocycles. The number of phenolic OH excluding ortho intramolecular Hbond substituents is 1. The highest BCUT2D eigenvalue weighted by Crippen LogP contribution is 2.32. The molecule has 0 saturated carbocycles. The summed E-state index contributed by atoms with van der Waals surface area (Å²) < 4.78 is 32.8. The van der Waals surface area contributed by atoms with E-state index in [0.29, 0.717) is 11.3 Å². The lowest BCUT2D eigenvalue weighted by molar-refractivity contribution is -0.141. The molecule has 1 aliphatic heterocycles. The molecule has 0 saturated heterocycles. The van der Waals surface area contributed by atoms with E-state index in [1.165, 1.54) is 41.3 Å². The Morgan fingerprint density at radius 3 is 2.34 bits per heavy atom. The van der Waals surface area contributed by atoms with Crippen LogP contribution in [-0.4, -0.2) is 47.4 Å². The first-order valence-corrected chi connectivity index (χ1v) is 11.2. The van der Waals surface area contributed by atoms with Gasteiger partial charge in [0.05, 0.1) is 11.4 Å². The summed E-state index contributed by atoms with van der Waals surface area (Å²) in [6, 6.07) is 12.5. The summed E-state index contributed by atoms with van der Waals surface area (Å²) in [4.78, 5) is 26.3. The lowest BCUT2D eigenvalue weighted by atomic mass is 10.1. The Kier molecular flexibility index (Phi) is 5.68. The molecule has 166 valence electrons. The van der Waals surface area contributed by atoms with Crippen molar-refractivity contribution in [3.8, 4) is 5.75 Å². The molecule has 1 amide bonds. The number of fused-ring (bicyclic) bond motifs is 1. The first-order valence-electron chi connectivity index (χ1n) is 9.37. The minimum absolute atomic E-state index is 0.0113. The van der Waals surface area contributed by atoms with Crippen LogP contribution in [0.2, 0.25) is 5.22 Å². The van der Waals surface area contributed by atoms with Crippen LogP contribution in [-0.2, 0) is 21.4 Å². The Morgan fingerprint density at radius 2 is 1.72 bits per heavy atom. The van der Waals surface area contributed by atoms with E-state index in [-0.39, 0.29) is 28.2 Å². The molecule has 0 bridgehead atoms. The molecule has 1 unspecified atom stereocenters. The molecule has 0 radical (unpaired) electrons. The maximum absolute atomic E-state index is 13.4. The summed E-state index contributed by atoms with van der Waals surface area (Å²) in [7, 11) is -4.29. The van der Waals surface area contributed by atoms with Crippen molar-refractivity contribution in [1.29, 1.82) is 0 Å². The van der Waals surface area contributed by atoms with Crippen molar-refractivity contribution in [3.05, 3.63) is 77.2 Å².